The molecule has 8 heteroatoms. The standard InChI is InChI=1S/C24H29N3O4S/c1-14-23(15(2)31-27-14)18-9-20-19(11-21(24(28)26-20)25-12-16-7-8-16)22(10-18)32(29,30)13-17-5-3-4-6-17/h9-11,16-17,25H,3-8,12-13H2,1-2H3,(H,26,28). The number of fused-ring (bicyclic) bond motifs is 1. The number of aromatic amines is 1. The number of pyridine rings is 1. The molecule has 0 bridgehead atoms. The van der Waals surface area contributed by atoms with Gasteiger partial charge in [-0.1, -0.05) is 18.0 Å². The number of hydrogen-bond donors (Lipinski definition) is 2. The molecule has 2 aromatic heterocycles. The number of benzene rings is 1. The van der Waals surface area contributed by atoms with E-state index in [4.69, 9.17) is 4.52 Å². The normalized spacial score (nSPS) is 17.3. The summed E-state index contributed by atoms with van der Waals surface area (Å²) in [6.45, 7) is 4.37. The highest BCUT2D eigenvalue weighted by Gasteiger charge is 2.28. The molecule has 2 heterocycles. The Kier molecular flexibility index (Phi) is 5.35. The van der Waals surface area contributed by atoms with E-state index in [-0.39, 0.29) is 22.1 Å². The number of aromatic nitrogens is 2. The molecular weight excluding hydrogens is 426 g/mol. The smallest absolute Gasteiger partial charge is 0.271 e. The number of rotatable bonds is 7. The first kappa shape index (κ1) is 21.2. The summed E-state index contributed by atoms with van der Waals surface area (Å²) in [6, 6.07) is 5.25. The zero-order chi connectivity index (χ0) is 22.5. The lowest BCUT2D eigenvalue weighted by atomic mass is 10.0. The molecule has 2 aliphatic rings. The molecule has 2 saturated carbocycles. The fourth-order valence-corrected chi connectivity index (χ4v) is 6.80. The van der Waals surface area contributed by atoms with Crippen LogP contribution in [0.4, 0.5) is 5.69 Å². The van der Waals surface area contributed by atoms with Crippen LogP contribution in [0.25, 0.3) is 22.0 Å². The predicted molar refractivity (Wildman–Crippen MR) is 125 cm³/mol. The summed E-state index contributed by atoms with van der Waals surface area (Å²) in [5.41, 5.74) is 2.83. The Hall–Kier alpha value is -2.61. The highest BCUT2D eigenvalue weighted by molar-refractivity contribution is 7.91. The third-order valence-electron chi connectivity index (χ3n) is 6.79. The van der Waals surface area contributed by atoms with Crippen molar-refractivity contribution in [1.29, 1.82) is 0 Å². The fraction of sp³-hybridized carbons (Fsp3) is 0.500. The predicted octanol–water partition coefficient (Wildman–Crippen LogP) is 4.59. The minimum Gasteiger partial charge on any atom is -0.380 e. The summed E-state index contributed by atoms with van der Waals surface area (Å²) in [7, 11) is -3.56. The number of anilines is 1. The minimum absolute atomic E-state index is 0.136. The molecule has 7 nitrogen and oxygen atoms in total. The van der Waals surface area contributed by atoms with Gasteiger partial charge >= 0.3 is 0 Å². The van der Waals surface area contributed by atoms with Gasteiger partial charge in [-0.25, -0.2) is 8.42 Å². The zero-order valence-corrected chi connectivity index (χ0v) is 19.3. The van der Waals surface area contributed by atoms with Crippen molar-refractivity contribution in [2.24, 2.45) is 11.8 Å². The van der Waals surface area contributed by atoms with Gasteiger partial charge in [0.15, 0.2) is 9.84 Å². The second-order valence-corrected chi connectivity index (χ2v) is 11.4. The third kappa shape index (κ3) is 4.08. The van der Waals surface area contributed by atoms with Crippen molar-refractivity contribution < 1.29 is 12.9 Å². The number of H-pyrrole nitrogens is 1. The number of hydrogen-bond acceptors (Lipinski definition) is 6. The third-order valence-corrected chi connectivity index (χ3v) is 8.71. The van der Waals surface area contributed by atoms with Crippen molar-refractivity contribution in [1.82, 2.24) is 10.1 Å². The zero-order valence-electron chi connectivity index (χ0n) is 18.5. The Morgan fingerprint density at radius 3 is 2.50 bits per heavy atom. The molecule has 0 radical (unpaired) electrons. The first-order chi connectivity index (χ1) is 15.3. The largest absolute Gasteiger partial charge is 0.380 e. The van der Waals surface area contributed by atoms with Gasteiger partial charge in [0, 0.05) is 17.5 Å². The van der Waals surface area contributed by atoms with Crippen molar-refractivity contribution in [3.63, 3.8) is 0 Å². The Morgan fingerprint density at radius 1 is 1.09 bits per heavy atom. The quantitative estimate of drug-likeness (QED) is 0.540. The molecule has 170 valence electrons. The first-order valence-corrected chi connectivity index (χ1v) is 13.1. The van der Waals surface area contributed by atoms with E-state index in [2.05, 4.69) is 15.5 Å². The molecule has 0 aliphatic heterocycles. The van der Waals surface area contributed by atoms with E-state index in [1.807, 2.05) is 13.0 Å². The number of sulfone groups is 1. The van der Waals surface area contributed by atoms with Crippen LogP contribution in [0.2, 0.25) is 0 Å². The fourth-order valence-electron chi connectivity index (χ4n) is 4.86. The molecule has 0 spiro atoms. The van der Waals surface area contributed by atoms with Crippen LogP contribution in [0, 0.1) is 25.7 Å². The Balaban J connectivity index is 1.67. The summed E-state index contributed by atoms with van der Waals surface area (Å²) < 4.78 is 32.5. The van der Waals surface area contributed by atoms with Crippen molar-refractivity contribution in [2.75, 3.05) is 17.6 Å². The van der Waals surface area contributed by atoms with Crippen molar-refractivity contribution >= 4 is 26.4 Å². The molecule has 32 heavy (non-hydrogen) atoms. The lowest BCUT2D eigenvalue weighted by molar-refractivity contribution is 0.393. The second kappa shape index (κ2) is 8.06. The maximum atomic E-state index is 13.6. The van der Waals surface area contributed by atoms with Gasteiger partial charge in [0.05, 0.1) is 21.9 Å². The van der Waals surface area contributed by atoms with Gasteiger partial charge in [-0.05, 0) is 75.1 Å². The van der Waals surface area contributed by atoms with Gasteiger partial charge in [-0.2, -0.15) is 0 Å². The molecule has 0 amide bonds. The lowest BCUT2D eigenvalue weighted by Crippen LogP contribution is -2.18. The van der Waals surface area contributed by atoms with Crippen LogP contribution in [-0.4, -0.2) is 30.9 Å². The van der Waals surface area contributed by atoms with Gasteiger partial charge in [-0.15, -0.1) is 0 Å². The Morgan fingerprint density at radius 2 is 1.84 bits per heavy atom. The van der Waals surface area contributed by atoms with E-state index in [1.165, 1.54) is 12.8 Å². The van der Waals surface area contributed by atoms with Gasteiger partial charge in [0.1, 0.15) is 11.4 Å². The van der Waals surface area contributed by atoms with E-state index in [1.54, 1.807) is 19.1 Å². The van der Waals surface area contributed by atoms with Crippen molar-refractivity contribution in [2.45, 2.75) is 57.3 Å². The van der Waals surface area contributed by atoms with Crippen LogP contribution in [0.15, 0.2) is 32.4 Å². The van der Waals surface area contributed by atoms with Gasteiger partial charge in [-0.3, -0.25) is 4.79 Å². The SMILES string of the molecule is Cc1noc(C)c1-c1cc(S(=O)(=O)CC2CCCC2)c2cc(NCC3CC3)c(=O)[nH]c2c1. The number of nitrogens with one attached hydrogen (secondary N) is 2. The van der Waals surface area contributed by atoms with E-state index in [0.29, 0.717) is 39.5 Å². The highest BCUT2D eigenvalue weighted by atomic mass is 32.2. The summed E-state index contributed by atoms with van der Waals surface area (Å²) >= 11 is 0. The Labute approximate surface area is 187 Å². The van der Waals surface area contributed by atoms with E-state index >= 15 is 0 Å². The summed E-state index contributed by atoms with van der Waals surface area (Å²) in [5.74, 6) is 1.54. The molecular formula is C24H29N3O4S. The maximum absolute atomic E-state index is 13.6. The summed E-state index contributed by atoms with van der Waals surface area (Å²) in [4.78, 5) is 15.9. The van der Waals surface area contributed by atoms with E-state index in [0.717, 1.165) is 37.8 Å². The molecule has 0 atom stereocenters. The van der Waals surface area contributed by atoms with Gasteiger partial charge in [0.2, 0.25) is 0 Å². The van der Waals surface area contributed by atoms with E-state index in [9.17, 15) is 13.2 Å². The highest BCUT2D eigenvalue weighted by Crippen LogP contribution is 2.36. The van der Waals surface area contributed by atoms with Crippen LogP contribution in [-0.2, 0) is 9.84 Å². The van der Waals surface area contributed by atoms with Crippen LogP contribution < -0.4 is 10.9 Å². The minimum atomic E-state index is -3.56. The second-order valence-electron chi connectivity index (χ2n) is 9.40. The van der Waals surface area contributed by atoms with E-state index < -0.39 is 9.84 Å². The van der Waals surface area contributed by atoms with Crippen molar-refractivity contribution in [3.05, 3.63) is 40.0 Å². The van der Waals surface area contributed by atoms with Crippen LogP contribution in [0.3, 0.4) is 0 Å². The van der Waals surface area contributed by atoms with Gasteiger partial charge < -0.3 is 14.8 Å². The Bertz CT molecular complexity index is 1310. The molecule has 1 aromatic carbocycles. The van der Waals surface area contributed by atoms with Crippen LogP contribution in [0.5, 0.6) is 0 Å². The average Bonchev–Trinajstić information content (AvgIpc) is 3.33. The number of aryl methyl sites for hydroxylation is 2. The van der Waals surface area contributed by atoms with Crippen LogP contribution >= 0.6 is 0 Å². The number of nitrogens with zero attached hydrogens (tertiary/aromatic N) is 1. The van der Waals surface area contributed by atoms with Crippen molar-refractivity contribution in [3.8, 4) is 11.1 Å². The molecule has 0 unspecified atom stereocenters. The molecule has 5 rings (SSSR count). The maximum Gasteiger partial charge on any atom is 0.271 e. The summed E-state index contributed by atoms with van der Waals surface area (Å²) in [6.07, 6.45) is 6.41. The molecule has 2 fully saturated rings. The molecule has 2 N–H and O–H groups in total. The molecule has 3 aromatic rings. The average molecular weight is 456 g/mol. The molecule has 2 aliphatic carbocycles. The lowest BCUT2D eigenvalue weighted by Gasteiger charge is -2.15. The monoisotopic (exact) mass is 455 g/mol. The van der Waals surface area contributed by atoms with Gasteiger partial charge in [0.25, 0.3) is 5.56 Å². The van der Waals surface area contributed by atoms with Crippen LogP contribution in [0.1, 0.15) is 50.0 Å². The first-order valence-electron chi connectivity index (χ1n) is 11.4. The molecule has 0 saturated heterocycles. The topological polar surface area (TPSA) is 105 Å². The summed E-state index contributed by atoms with van der Waals surface area (Å²) in [5, 5.41) is 7.79.